The molecule has 6 rings (SSSR count). The number of benzene rings is 3. The van der Waals surface area contributed by atoms with E-state index >= 15 is 0 Å². The largest absolute Gasteiger partial charge is 0.454 e. The van der Waals surface area contributed by atoms with E-state index in [0.717, 1.165) is 11.1 Å². The van der Waals surface area contributed by atoms with Crippen LogP contribution in [0.25, 0.3) is 0 Å². The number of carbonyl (C=O) groups is 3. The molecular weight excluding hydrogens is 634 g/mol. The van der Waals surface area contributed by atoms with Crippen molar-refractivity contribution < 1.29 is 52.6 Å². The number of aliphatic hydroxyl groups is 1. The molecule has 7 atom stereocenters. The van der Waals surface area contributed by atoms with Crippen LogP contribution < -0.4 is 14.8 Å². The summed E-state index contributed by atoms with van der Waals surface area (Å²) < 4.78 is 40.3. The minimum atomic E-state index is -1.39. The van der Waals surface area contributed by atoms with E-state index in [4.69, 9.17) is 33.2 Å². The number of esters is 2. The smallest absolute Gasteiger partial charge is 0.412 e. The molecule has 0 aromatic heterocycles. The van der Waals surface area contributed by atoms with E-state index in [0.29, 0.717) is 42.9 Å². The summed E-state index contributed by atoms with van der Waals surface area (Å²) in [5.74, 6) is -1.42. The van der Waals surface area contributed by atoms with Gasteiger partial charge in [-0.3, -0.25) is 14.9 Å². The monoisotopic (exact) mass is 673 g/mol. The van der Waals surface area contributed by atoms with Gasteiger partial charge in [0.2, 0.25) is 6.79 Å². The first-order valence-electron chi connectivity index (χ1n) is 16.2. The third-order valence-electron chi connectivity index (χ3n) is 8.69. The zero-order chi connectivity index (χ0) is 34.2. The molecule has 0 spiro atoms. The van der Waals surface area contributed by atoms with Crippen LogP contribution in [0.15, 0.2) is 91.0 Å². The van der Waals surface area contributed by atoms with Crippen LogP contribution in [0.4, 0.5) is 10.5 Å². The number of hydrogen-bond donors (Lipinski definition) is 2. The number of allylic oxidation sites excluding steroid dienone is 2. The van der Waals surface area contributed by atoms with Crippen molar-refractivity contribution in [2.45, 2.75) is 56.4 Å². The highest BCUT2D eigenvalue weighted by Crippen LogP contribution is 2.35. The molecule has 0 aliphatic carbocycles. The average molecular weight is 674 g/mol. The first-order chi connectivity index (χ1) is 23.9. The zero-order valence-electron chi connectivity index (χ0n) is 27.0. The lowest BCUT2D eigenvalue weighted by Crippen LogP contribution is -2.63. The lowest BCUT2D eigenvalue weighted by atomic mass is 9.92. The Bertz CT molecular complexity index is 1620. The van der Waals surface area contributed by atoms with Gasteiger partial charge in [0.1, 0.15) is 6.10 Å². The van der Waals surface area contributed by atoms with Gasteiger partial charge in [-0.25, -0.2) is 4.79 Å². The maximum Gasteiger partial charge on any atom is 0.412 e. The van der Waals surface area contributed by atoms with Gasteiger partial charge in [0, 0.05) is 18.9 Å². The molecule has 12 nitrogen and oxygen atoms in total. The van der Waals surface area contributed by atoms with Crippen molar-refractivity contribution >= 4 is 23.7 Å². The van der Waals surface area contributed by atoms with Gasteiger partial charge in [-0.1, -0.05) is 72.8 Å². The van der Waals surface area contributed by atoms with Crippen LogP contribution in [0.3, 0.4) is 0 Å². The van der Waals surface area contributed by atoms with E-state index in [1.54, 1.807) is 18.2 Å². The highest BCUT2D eigenvalue weighted by molar-refractivity contribution is 5.85. The van der Waals surface area contributed by atoms with Crippen LogP contribution in [0.1, 0.15) is 24.0 Å². The molecule has 2 N–H and O–H groups in total. The van der Waals surface area contributed by atoms with Gasteiger partial charge in [0.15, 0.2) is 36.1 Å². The van der Waals surface area contributed by atoms with Crippen LogP contribution in [0.5, 0.6) is 11.5 Å². The zero-order valence-corrected chi connectivity index (χ0v) is 27.0. The molecule has 49 heavy (non-hydrogen) atoms. The van der Waals surface area contributed by atoms with Crippen LogP contribution in [-0.4, -0.2) is 74.4 Å². The van der Waals surface area contributed by atoms with E-state index < -0.39 is 67.2 Å². The minimum absolute atomic E-state index is 0.0575. The second kappa shape index (κ2) is 16.0. The highest BCUT2D eigenvalue weighted by atomic mass is 16.7. The average Bonchev–Trinajstić information content (AvgIpc) is 3.59. The summed E-state index contributed by atoms with van der Waals surface area (Å²) in [6, 6.07) is 23.9. The molecule has 3 aromatic carbocycles. The Morgan fingerprint density at radius 3 is 2.00 bits per heavy atom. The van der Waals surface area contributed by atoms with Crippen LogP contribution in [0.2, 0.25) is 0 Å². The van der Waals surface area contributed by atoms with E-state index in [1.807, 2.05) is 72.8 Å². The standard InChI is InChI=1S/C37H39NO11/c1-43-36-33-32(31(30(21-39)46-36)49-37(42)38-27-16-17-28-29(20-27)45-22-44-28)47-34(40)25(18-23-10-4-2-5-11-23)14-8-9-15-26(35(41)48-33)19-24-12-6-3-7-13-24/h2-13,16-17,20,25-26,30-33,36,39H,14-15,18-19,21-22H2,1H3,(H,38,42)/t25-,26-,30-,31+,32+,33-,36+/m1/s1. The molecule has 0 unspecified atom stereocenters. The second-order valence-corrected chi connectivity index (χ2v) is 12.0. The van der Waals surface area contributed by atoms with E-state index in [9.17, 15) is 19.5 Å². The molecule has 3 heterocycles. The number of hydrogen-bond acceptors (Lipinski definition) is 11. The number of ether oxygens (including phenoxy) is 7. The number of rotatable bonds is 8. The summed E-state index contributed by atoms with van der Waals surface area (Å²) in [5, 5.41) is 13.0. The quantitative estimate of drug-likeness (QED) is 0.197. The van der Waals surface area contributed by atoms with Gasteiger partial charge >= 0.3 is 18.0 Å². The number of aliphatic hydroxyl groups excluding tert-OH is 1. The summed E-state index contributed by atoms with van der Waals surface area (Å²) >= 11 is 0. The minimum Gasteiger partial charge on any atom is -0.454 e. The number of fused-ring (bicyclic) bond motifs is 2. The maximum absolute atomic E-state index is 14.0. The Hall–Kier alpha value is -4.91. The van der Waals surface area contributed by atoms with E-state index in [-0.39, 0.29) is 6.79 Å². The van der Waals surface area contributed by atoms with Crippen molar-refractivity contribution in [2.75, 3.05) is 25.8 Å². The Morgan fingerprint density at radius 1 is 0.816 bits per heavy atom. The van der Waals surface area contributed by atoms with Crippen LogP contribution >= 0.6 is 0 Å². The Labute approximate surface area is 283 Å². The van der Waals surface area contributed by atoms with Gasteiger partial charge < -0.3 is 38.3 Å². The molecule has 1 saturated heterocycles. The van der Waals surface area contributed by atoms with Gasteiger partial charge in [0.05, 0.1) is 18.4 Å². The first kappa shape index (κ1) is 34.0. The second-order valence-electron chi connectivity index (χ2n) is 12.0. The lowest BCUT2D eigenvalue weighted by molar-refractivity contribution is -0.300. The maximum atomic E-state index is 14.0. The molecule has 1 fully saturated rings. The molecular formula is C37H39NO11. The first-order valence-corrected chi connectivity index (χ1v) is 16.2. The molecule has 0 bridgehead atoms. The molecule has 1 amide bonds. The van der Waals surface area contributed by atoms with Crippen molar-refractivity contribution in [3.63, 3.8) is 0 Å². The fourth-order valence-electron chi connectivity index (χ4n) is 6.17. The predicted octanol–water partition coefficient (Wildman–Crippen LogP) is 4.59. The van der Waals surface area contributed by atoms with E-state index in [2.05, 4.69) is 5.32 Å². The van der Waals surface area contributed by atoms with Crippen molar-refractivity contribution in [2.24, 2.45) is 11.8 Å². The van der Waals surface area contributed by atoms with Gasteiger partial charge in [-0.2, -0.15) is 0 Å². The Balaban J connectivity index is 1.31. The summed E-state index contributed by atoms with van der Waals surface area (Å²) in [6.45, 7) is -0.564. The number of methoxy groups -OCH3 is 1. The SMILES string of the molecule is CO[C@H]1O[C@H](CO)[C@H](OC(=O)Nc2ccc3c(c2)OCO3)[C@@H]2OC(=O)[C@@H](Cc3ccccc3)CC=CC[C@H](Cc3ccccc3)C(=O)O[C@@H]12. The Kier molecular flexibility index (Phi) is 11.1. The summed E-state index contributed by atoms with van der Waals surface area (Å²) in [6.07, 6.45) is -2.28. The molecule has 258 valence electrons. The van der Waals surface area contributed by atoms with Gasteiger partial charge in [0.25, 0.3) is 0 Å². The topological polar surface area (TPSA) is 148 Å². The summed E-state index contributed by atoms with van der Waals surface area (Å²) in [5.41, 5.74) is 2.22. The molecule has 12 heteroatoms. The molecule has 0 radical (unpaired) electrons. The molecule has 0 saturated carbocycles. The fraction of sp³-hybridized carbons (Fsp3) is 0.378. The van der Waals surface area contributed by atoms with Gasteiger partial charge in [-0.05, 0) is 48.9 Å². The number of amides is 1. The highest BCUT2D eigenvalue weighted by Gasteiger charge is 2.53. The fourth-order valence-corrected chi connectivity index (χ4v) is 6.17. The van der Waals surface area contributed by atoms with Gasteiger partial charge in [-0.15, -0.1) is 0 Å². The number of anilines is 1. The summed E-state index contributed by atoms with van der Waals surface area (Å²) in [4.78, 5) is 41.1. The lowest BCUT2D eigenvalue weighted by Gasteiger charge is -2.44. The predicted molar refractivity (Wildman–Crippen MR) is 175 cm³/mol. The third kappa shape index (κ3) is 8.40. The normalized spacial score (nSPS) is 26.7. The Morgan fingerprint density at radius 2 is 1.41 bits per heavy atom. The van der Waals surface area contributed by atoms with E-state index in [1.165, 1.54) is 7.11 Å². The van der Waals surface area contributed by atoms with Crippen molar-refractivity contribution in [1.29, 1.82) is 0 Å². The third-order valence-corrected chi connectivity index (χ3v) is 8.69. The number of carbonyl (C=O) groups excluding carboxylic acids is 3. The van der Waals surface area contributed by atoms with Crippen molar-refractivity contribution in [3.05, 3.63) is 102 Å². The summed E-state index contributed by atoms with van der Waals surface area (Å²) in [7, 11) is 1.35. The van der Waals surface area contributed by atoms with Crippen molar-refractivity contribution in [3.8, 4) is 11.5 Å². The molecule has 3 aliphatic rings. The molecule has 3 aliphatic heterocycles. The van der Waals surface area contributed by atoms with Crippen molar-refractivity contribution in [1.82, 2.24) is 0 Å². The van der Waals surface area contributed by atoms with Crippen LogP contribution in [-0.2, 0) is 46.1 Å². The molecule has 3 aromatic rings. The number of nitrogens with one attached hydrogen (secondary N) is 1. The van der Waals surface area contributed by atoms with Crippen LogP contribution in [0, 0.1) is 11.8 Å².